The number of aromatic nitrogens is 3. The molecule has 0 N–H and O–H groups in total. The van der Waals surface area contributed by atoms with Gasteiger partial charge in [-0.1, -0.05) is 158 Å². The van der Waals surface area contributed by atoms with Gasteiger partial charge >= 0.3 is 0 Å². The van der Waals surface area contributed by atoms with Crippen LogP contribution >= 0.6 is 34.0 Å². The van der Waals surface area contributed by atoms with Gasteiger partial charge < -0.3 is 0 Å². The minimum absolute atomic E-state index is 0.631. The molecule has 4 aromatic heterocycles. The monoisotopic (exact) mass is 855 g/mol. The molecule has 0 saturated heterocycles. The maximum Gasteiger partial charge on any atom is 0.165 e. The molecule has 13 aromatic rings. The molecular formula is C57H33N3S3. The molecule has 0 aliphatic rings. The van der Waals surface area contributed by atoms with Gasteiger partial charge in [-0.05, 0) is 75.8 Å². The van der Waals surface area contributed by atoms with Crippen LogP contribution < -0.4 is 0 Å². The summed E-state index contributed by atoms with van der Waals surface area (Å²) in [6.07, 6.45) is 0. The molecule has 0 aliphatic carbocycles. The fourth-order valence-electron chi connectivity index (χ4n) is 9.23. The second kappa shape index (κ2) is 14.6. The molecule has 3 nitrogen and oxygen atoms in total. The molecule has 0 spiro atoms. The molecule has 0 fully saturated rings. The number of hydrogen-bond acceptors (Lipinski definition) is 6. The molecule has 13 rings (SSSR count). The van der Waals surface area contributed by atoms with Crippen molar-refractivity contribution >= 4 is 94.5 Å². The zero-order valence-electron chi connectivity index (χ0n) is 33.6. The minimum Gasteiger partial charge on any atom is -0.208 e. The molecule has 0 bridgehead atoms. The van der Waals surface area contributed by atoms with Gasteiger partial charge in [0.05, 0.1) is 0 Å². The summed E-state index contributed by atoms with van der Waals surface area (Å²) in [5, 5.41) is 7.55. The standard InChI is InChI=1S/C57H33N3S3/c1-2-15-34(16-3-1)38-17-4-5-21-47(38)56-58-55(59-57(60-56)48-27-14-26-46-43-20-8-11-30-51(43)63-54(46)48)37-32-35(39-22-12-24-44-41-18-6-9-28-49(41)61-52(39)44)31-36(33-37)40-23-13-25-45-42-19-7-10-29-50(42)62-53(40)45/h1-33H. The van der Waals surface area contributed by atoms with Gasteiger partial charge in [0.2, 0.25) is 0 Å². The first-order chi connectivity index (χ1) is 31.2. The van der Waals surface area contributed by atoms with Gasteiger partial charge in [0.25, 0.3) is 0 Å². The van der Waals surface area contributed by atoms with Crippen LogP contribution in [0.4, 0.5) is 0 Å². The molecule has 4 heterocycles. The molecule has 0 saturated carbocycles. The maximum atomic E-state index is 5.48. The second-order valence-corrected chi connectivity index (χ2v) is 19.0. The van der Waals surface area contributed by atoms with E-state index >= 15 is 0 Å². The van der Waals surface area contributed by atoms with Gasteiger partial charge in [0, 0.05) is 77.2 Å². The molecule has 9 aromatic carbocycles. The van der Waals surface area contributed by atoms with Crippen LogP contribution in [0.5, 0.6) is 0 Å². The maximum absolute atomic E-state index is 5.48. The van der Waals surface area contributed by atoms with Crippen LogP contribution in [0, 0.1) is 0 Å². The van der Waals surface area contributed by atoms with Crippen molar-refractivity contribution in [2.45, 2.75) is 0 Å². The largest absolute Gasteiger partial charge is 0.208 e. The van der Waals surface area contributed by atoms with Crippen LogP contribution in [0.2, 0.25) is 0 Å². The van der Waals surface area contributed by atoms with Gasteiger partial charge in [-0.15, -0.1) is 34.0 Å². The Morgan fingerprint density at radius 3 is 1.14 bits per heavy atom. The Morgan fingerprint density at radius 1 is 0.238 bits per heavy atom. The Labute approximate surface area is 374 Å². The first kappa shape index (κ1) is 36.3. The molecule has 6 heteroatoms. The van der Waals surface area contributed by atoms with E-state index in [0.29, 0.717) is 17.5 Å². The van der Waals surface area contributed by atoms with Crippen LogP contribution in [-0.2, 0) is 0 Å². The van der Waals surface area contributed by atoms with Gasteiger partial charge in [-0.25, -0.2) is 15.0 Å². The van der Waals surface area contributed by atoms with Crippen molar-refractivity contribution in [1.82, 2.24) is 15.0 Å². The fraction of sp³-hybridized carbons (Fsp3) is 0. The van der Waals surface area contributed by atoms with Crippen LogP contribution in [-0.4, -0.2) is 15.0 Å². The number of rotatable bonds is 6. The van der Waals surface area contributed by atoms with E-state index < -0.39 is 0 Å². The Kier molecular flexibility index (Phi) is 8.44. The summed E-state index contributed by atoms with van der Waals surface area (Å²) in [6, 6.07) is 72.0. The van der Waals surface area contributed by atoms with Crippen molar-refractivity contribution in [3.63, 3.8) is 0 Å². The van der Waals surface area contributed by atoms with Crippen molar-refractivity contribution in [3.05, 3.63) is 200 Å². The predicted octanol–water partition coefficient (Wildman–Crippen LogP) is 17.0. The Morgan fingerprint density at radius 2 is 0.603 bits per heavy atom. The molecular weight excluding hydrogens is 823 g/mol. The summed E-state index contributed by atoms with van der Waals surface area (Å²) in [5.41, 5.74) is 9.71. The van der Waals surface area contributed by atoms with Gasteiger partial charge in [0.15, 0.2) is 17.5 Å². The SMILES string of the molecule is c1ccc(-c2ccccc2-c2nc(-c3cc(-c4cccc5c4sc4ccccc45)cc(-c4cccc5c4sc4ccccc45)c3)nc(-c3cccc4c3sc3ccccc34)n2)cc1. The third-order valence-electron chi connectivity index (χ3n) is 12.2. The third kappa shape index (κ3) is 6.02. The highest BCUT2D eigenvalue weighted by molar-refractivity contribution is 7.27. The molecule has 0 radical (unpaired) electrons. The van der Waals surface area contributed by atoms with E-state index in [-0.39, 0.29) is 0 Å². The normalized spacial score (nSPS) is 11.8. The van der Waals surface area contributed by atoms with Crippen LogP contribution in [0.15, 0.2) is 200 Å². The molecule has 0 amide bonds. The zero-order chi connectivity index (χ0) is 41.4. The molecule has 294 valence electrons. The number of benzene rings is 9. The number of fused-ring (bicyclic) bond motifs is 9. The van der Waals surface area contributed by atoms with Crippen molar-refractivity contribution < 1.29 is 0 Å². The molecule has 0 unspecified atom stereocenters. The molecule has 0 aliphatic heterocycles. The lowest BCUT2D eigenvalue weighted by Crippen LogP contribution is -2.01. The quantitative estimate of drug-likeness (QED) is 0.167. The smallest absolute Gasteiger partial charge is 0.165 e. The van der Waals surface area contributed by atoms with E-state index in [1.54, 1.807) is 11.3 Å². The average molecular weight is 856 g/mol. The zero-order valence-corrected chi connectivity index (χ0v) is 36.1. The topological polar surface area (TPSA) is 38.7 Å². The summed E-state index contributed by atoms with van der Waals surface area (Å²) >= 11 is 5.50. The summed E-state index contributed by atoms with van der Waals surface area (Å²) in [7, 11) is 0. The minimum atomic E-state index is 0.631. The second-order valence-electron chi connectivity index (χ2n) is 15.9. The van der Waals surface area contributed by atoms with Crippen LogP contribution in [0.25, 0.3) is 128 Å². The van der Waals surface area contributed by atoms with E-state index in [1.807, 2.05) is 22.7 Å². The lowest BCUT2D eigenvalue weighted by molar-refractivity contribution is 1.08. The average Bonchev–Trinajstić information content (AvgIpc) is 4.06. The van der Waals surface area contributed by atoms with Crippen molar-refractivity contribution in [2.75, 3.05) is 0 Å². The van der Waals surface area contributed by atoms with E-state index in [9.17, 15) is 0 Å². The van der Waals surface area contributed by atoms with Crippen molar-refractivity contribution in [1.29, 1.82) is 0 Å². The molecule has 63 heavy (non-hydrogen) atoms. The first-order valence-corrected chi connectivity index (χ1v) is 23.5. The highest BCUT2D eigenvalue weighted by Gasteiger charge is 2.21. The summed E-state index contributed by atoms with van der Waals surface area (Å²) < 4.78 is 7.52. The fourth-order valence-corrected chi connectivity index (χ4v) is 12.9. The predicted molar refractivity (Wildman–Crippen MR) is 271 cm³/mol. The van der Waals surface area contributed by atoms with Crippen molar-refractivity contribution in [3.8, 4) is 67.5 Å². The Balaban J connectivity index is 1.10. The van der Waals surface area contributed by atoms with Crippen LogP contribution in [0.3, 0.4) is 0 Å². The Bertz CT molecular complexity index is 3800. The first-order valence-electron chi connectivity index (χ1n) is 21.0. The molecule has 0 atom stereocenters. The highest BCUT2D eigenvalue weighted by atomic mass is 32.1. The van der Waals surface area contributed by atoms with Crippen molar-refractivity contribution in [2.24, 2.45) is 0 Å². The number of nitrogens with zero attached hydrogens (tertiary/aromatic N) is 3. The third-order valence-corrected chi connectivity index (χ3v) is 15.8. The Hall–Kier alpha value is -7.35. The van der Waals surface area contributed by atoms with E-state index in [2.05, 4.69) is 200 Å². The summed E-state index contributed by atoms with van der Waals surface area (Å²) in [5.74, 6) is 1.92. The van der Waals surface area contributed by atoms with Crippen LogP contribution in [0.1, 0.15) is 0 Å². The lowest BCUT2D eigenvalue weighted by Gasteiger charge is -2.15. The van der Waals surface area contributed by atoms with Gasteiger partial charge in [0.1, 0.15) is 0 Å². The van der Waals surface area contributed by atoms with E-state index in [1.165, 1.54) is 71.6 Å². The lowest BCUT2D eigenvalue weighted by atomic mass is 9.94. The summed E-state index contributed by atoms with van der Waals surface area (Å²) in [4.78, 5) is 16.3. The van der Waals surface area contributed by atoms with E-state index in [0.717, 1.165) is 38.9 Å². The number of thiophene rings is 3. The van der Waals surface area contributed by atoms with E-state index in [4.69, 9.17) is 15.0 Å². The summed E-state index contributed by atoms with van der Waals surface area (Å²) in [6.45, 7) is 0. The highest BCUT2D eigenvalue weighted by Crippen LogP contribution is 2.46. The van der Waals surface area contributed by atoms with Gasteiger partial charge in [-0.3, -0.25) is 0 Å². The number of hydrogen-bond donors (Lipinski definition) is 0. The van der Waals surface area contributed by atoms with Gasteiger partial charge in [-0.2, -0.15) is 0 Å².